The normalized spacial score (nSPS) is 24.5. The Bertz CT molecular complexity index is 232. The van der Waals surface area contributed by atoms with E-state index in [1.165, 1.54) is 0 Å². The zero-order valence-corrected chi connectivity index (χ0v) is 7.16. The molecule has 0 aliphatic heterocycles. The van der Waals surface area contributed by atoms with Crippen LogP contribution in [0.5, 0.6) is 0 Å². The van der Waals surface area contributed by atoms with Gasteiger partial charge in [0.1, 0.15) is 0 Å². The summed E-state index contributed by atoms with van der Waals surface area (Å²) in [7, 11) is 0. The minimum Gasteiger partial charge on any atom is -0.387 e. The lowest BCUT2D eigenvalue weighted by Gasteiger charge is -2.23. The summed E-state index contributed by atoms with van der Waals surface area (Å²) < 4.78 is 0. The molecular weight excluding hydrogens is 148 g/mol. The van der Waals surface area contributed by atoms with Crippen molar-refractivity contribution in [3.8, 4) is 12.3 Å². The van der Waals surface area contributed by atoms with Crippen LogP contribution in [0.4, 0.5) is 0 Å². The molecule has 1 aliphatic rings. The average molecular weight is 162 g/mol. The minimum absolute atomic E-state index is 0.276. The molecule has 12 heavy (non-hydrogen) atoms. The van der Waals surface area contributed by atoms with Crippen LogP contribution in [0.2, 0.25) is 0 Å². The largest absolute Gasteiger partial charge is 0.387 e. The van der Waals surface area contributed by atoms with Gasteiger partial charge in [0.2, 0.25) is 0 Å². The highest BCUT2D eigenvalue weighted by Crippen LogP contribution is 2.24. The van der Waals surface area contributed by atoms with E-state index in [0.717, 1.165) is 19.3 Å². The van der Waals surface area contributed by atoms with E-state index in [1.54, 1.807) is 0 Å². The Morgan fingerprint density at radius 1 is 1.67 bits per heavy atom. The molecule has 0 heterocycles. The lowest BCUT2D eigenvalue weighted by atomic mass is 9.86. The van der Waals surface area contributed by atoms with Crippen LogP contribution in [-0.2, 0) is 0 Å². The summed E-state index contributed by atoms with van der Waals surface area (Å²) in [6.07, 6.45) is 11.8. The maximum Gasteiger partial charge on any atom is 0.0892 e. The molecule has 0 fully saturated rings. The lowest BCUT2D eigenvalue weighted by Crippen LogP contribution is -2.22. The third-order valence-electron chi connectivity index (χ3n) is 2.30. The van der Waals surface area contributed by atoms with Crippen LogP contribution in [0.25, 0.3) is 0 Å². The van der Waals surface area contributed by atoms with Gasteiger partial charge in [-0.05, 0) is 25.2 Å². The van der Waals surface area contributed by atoms with Gasteiger partial charge in [0.15, 0.2) is 0 Å². The zero-order valence-electron chi connectivity index (χ0n) is 7.16. The predicted molar refractivity (Wildman–Crippen MR) is 50.5 cm³/mol. The van der Waals surface area contributed by atoms with Crippen molar-refractivity contribution in [2.24, 2.45) is 5.92 Å². The van der Waals surface area contributed by atoms with Crippen molar-refractivity contribution in [2.75, 3.05) is 0 Å². The number of terminal acetylenes is 1. The molecule has 1 aliphatic carbocycles. The molecule has 0 aromatic carbocycles. The Labute approximate surface area is 73.8 Å². The van der Waals surface area contributed by atoms with Crippen LogP contribution < -0.4 is 0 Å². The summed E-state index contributed by atoms with van der Waals surface area (Å²) in [5.41, 5.74) is 0.510. The van der Waals surface area contributed by atoms with E-state index in [9.17, 15) is 5.11 Å². The second-order valence-corrected chi connectivity index (χ2v) is 3.16. The van der Waals surface area contributed by atoms with Crippen LogP contribution >= 0.6 is 0 Å². The molecular formula is C11H14O. The summed E-state index contributed by atoms with van der Waals surface area (Å²) in [6.45, 7) is 3.64. The van der Waals surface area contributed by atoms with E-state index in [0.29, 0.717) is 5.57 Å². The van der Waals surface area contributed by atoms with Gasteiger partial charge >= 0.3 is 0 Å². The average Bonchev–Trinajstić information content (AvgIpc) is 2.17. The fourth-order valence-corrected chi connectivity index (χ4v) is 1.47. The molecule has 1 N–H and O–H groups in total. The molecule has 0 unspecified atom stereocenters. The van der Waals surface area contributed by atoms with Gasteiger partial charge in [0, 0.05) is 5.57 Å². The highest BCUT2D eigenvalue weighted by molar-refractivity contribution is 5.26. The second-order valence-electron chi connectivity index (χ2n) is 3.16. The summed E-state index contributed by atoms with van der Waals surface area (Å²) in [5.74, 6) is 2.67. The van der Waals surface area contributed by atoms with Gasteiger partial charge < -0.3 is 5.11 Å². The Balaban J connectivity index is 2.53. The molecule has 0 saturated heterocycles. The molecule has 1 nitrogen and oxygen atoms in total. The number of aliphatic hydroxyl groups excluding tert-OH is 1. The fourth-order valence-electron chi connectivity index (χ4n) is 1.47. The van der Waals surface area contributed by atoms with Crippen LogP contribution in [0.15, 0.2) is 24.3 Å². The summed E-state index contributed by atoms with van der Waals surface area (Å²) in [4.78, 5) is 0. The van der Waals surface area contributed by atoms with E-state index in [2.05, 4.69) is 24.7 Å². The molecule has 0 aromatic heterocycles. The van der Waals surface area contributed by atoms with Gasteiger partial charge in [-0.25, -0.2) is 0 Å². The Morgan fingerprint density at radius 3 is 2.92 bits per heavy atom. The fraction of sp³-hybridized carbons (Fsp3) is 0.455. The topological polar surface area (TPSA) is 20.2 Å². The van der Waals surface area contributed by atoms with Crippen molar-refractivity contribution in [3.63, 3.8) is 0 Å². The van der Waals surface area contributed by atoms with Crippen LogP contribution in [0, 0.1) is 18.3 Å². The Kier molecular flexibility index (Phi) is 3.13. The van der Waals surface area contributed by atoms with Crippen molar-refractivity contribution in [1.29, 1.82) is 0 Å². The molecule has 1 heteroatoms. The molecule has 0 saturated carbocycles. The first-order chi connectivity index (χ1) is 5.75. The van der Waals surface area contributed by atoms with E-state index >= 15 is 0 Å². The third kappa shape index (κ3) is 1.99. The Morgan fingerprint density at radius 2 is 2.42 bits per heavy atom. The van der Waals surface area contributed by atoms with E-state index in [4.69, 9.17) is 6.42 Å². The maximum absolute atomic E-state index is 9.67. The number of rotatable bonds is 2. The molecule has 0 amide bonds. The number of aliphatic hydroxyl groups is 1. The quantitative estimate of drug-likeness (QED) is 0.485. The first-order valence-electron chi connectivity index (χ1n) is 4.24. The second kappa shape index (κ2) is 4.13. The van der Waals surface area contributed by atoms with Crippen molar-refractivity contribution in [3.05, 3.63) is 24.3 Å². The lowest BCUT2D eigenvalue weighted by molar-refractivity contribution is 0.139. The first kappa shape index (κ1) is 9.09. The standard InChI is InChI=1S/C11H14O/c1-3-9(2)11(12)10-7-5-4-6-8-10/h1,4-5,10-12H,2,6-8H2/t10-,11-/m1/s1. The number of hydrogen-bond donors (Lipinski definition) is 1. The molecule has 1 rings (SSSR count). The van der Waals surface area contributed by atoms with Crippen molar-refractivity contribution in [2.45, 2.75) is 25.4 Å². The van der Waals surface area contributed by atoms with Crippen molar-refractivity contribution in [1.82, 2.24) is 0 Å². The highest BCUT2D eigenvalue weighted by atomic mass is 16.3. The molecule has 0 spiro atoms. The Hall–Kier alpha value is -1.00. The number of hydrogen-bond acceptors (Lipinski definition) is 1. The van der Waals surface area contributed by atoms with Crippen molar-refractivity contribution >= 4 is 0 Å². The van der Waals surface area contributed by atoms with Crippen molar-refractivity contribution < 1.29 is 5.11 Å². The molecule has 0 bridgehead atoms. The van der Waals surface area contributed by atoms with Gasteiger partial charge in [0.25, 0.3) is 0 Å². The summed E-state index contributed by atoms with van der Waals surface area (Å²) >= 11 is 0. The van der Waals surface area contributed by atoms with Crippen LogP contribution in [0.3, 0.4) is 0 Å². The van der Waals surface area contributed by atoms with E-state index in [1.807, 2.05) is 0 Å². The minimum atomic E-state index is -0.514. The van der Waals surface area contributed by atoms with E-state index in [-0.39, 0.29) is 5.92 Å². The third-order valence-corrected chi connectivity index (χ3v) is 2.30. The predicted octanol–water partition coefficient (Wildman–Crippen LogP) is 1.89. The first-order valence-corrected chi connectivity index (χ1v) is 4.24. The summed E-state index contributed by atoms with van der Waals surface area (Å²) in [5, 5.41) is 9.67. The summed E-state index contributed by atoms with van der Waals surface area (Å²) in [6, 6.07) is 0. The van der Waals surface area contributed by atoms with Gasteiger partial charge in [-0.2, -0.15) is 0 Å². The van der Waals surface area contributed by atoms with Crippen LogP contribution in [0.1, 0.15) is 19.3 Å². The SMILES string of the molecule is C#CC(=C)[C@@H](O)[C@@H]1CC=CCC1. The molecule has 2 atom stereocenters. The van der Waals surface area contributed by atoms with Gasteiger partial charge in [-0.3, -0.25) is 0 Å². The highest BCUT2D eigenvalue weighted by Gasteiger charge is 2.20. The molecule has 64 valence electrons. The maximum atomic E-state index is 9.67. The molecule has 0 radical (unpaired) electrons. The van der Waals surface area contributed by atoms with Crippen LogP contribution in [-0.4, -0.2) is 11.2 Å². The van der Waals surface area contributed by atoms with Gasteiger partial charge in [-0.15, -0.1) is 6.42 Å². The van der Waals surface area contributed by atoms with Gasteiger partial charge in [-0.1, -0.05) is 24.7 Å². The zero-order chi connectivity index (χ0) is 8.97. The van der Waals surface area contributed by atoms with Gasteiger partial charge in [0.05, 0.1) is 6.10 Å². The monoisotopic (exact) mass is 162 g/mol. The van der Waals surface area contributed by atoms with E-state index < -0.39 is 6.10 Å². The number of allylic oxidation sites excluding steroid dienone is 2. The molecule has 0 aromatic rings. The smallest absolute Gasteiger partial charge is 0.0892 e.